The number of methoxy groups -OCH3 is 1. The lowest BCUT2D eigenvalue weighted by molar-refractivity contribution is -0.141. The van der Waals surface area contributed by atoms with Crippen molar-refractivity contribution in [1.29, 1.82) is 0 Å². The Balaban J connectivity index is 2.10. The molecule has 1 aromatic rings. The fraction of sp³-hybridized carbons (Fsp3) is 0.467. The fourth-order valence-corrected chi connectivity index (χ4v) is 2.86. The molecule has 0 radical (unpaired) electrons. The Morgan fingerprint density at radius 3 is 2.70 bits per heavy atom. The number of rotatable bonds is 7. The van der Waals surface area contributed by atoms with E-state index in [4.69, 9.17) is 31.3 Å². The first-order chi connectivity index (χ1) is 10.9. The largest absolute Gasteiger partial charge is 0.493 e. The van der Waals surface area contributed by atoms with Crippen LogP contribution in [0.4, 0.5) is 0 Å². The van der Waals surface area contributed by atoms with Crippen LogP contribution in [0.3, 0.4) is 0 Å². The van der Waals surface area contributed by atoms with E-state index in [-0.39, 0.29) is 16.7 Å². The normalized spacial score (nSPS) is 17.9. The molecule has 7 nitrogen and oxygen atoms in total. The molecular formula is C15H18ClNO6. The molecule has 23 heavy (non-hydrogen) atoms. The van der Waals surface area contributed by atoms with Gasteiger partial charge in [0.05, 0.1) is 18.1 Å². The van der Waals surface area contributed by atoms with Gasteiger partial charge in [0.1, 0.15) is 0 Å². The summed E-state index contributed by atoms with van der Waals surface area (Å²) in [6, 6.07) is 3.40. The second kappa shape index (κ2) is 7.52. The van der Waals surface area contributed by atoms with Crippen molar-refractivity contribution in [2.75, 3.05) is 26.8 Å². The number of hydrogen-bond acceptors (Lipinski definition) is 5. The van der Waals surface area contributed by atoms with Crippen molar-refractivity contribution in [2.45, 2.75) is 13.0 Å². The minimum Gasteiger partial charge on any atom is -0.493 e. The van der Waals surface area contributed by atoms with Gasteiger partial charge in [-0.2, -0.15) is 0 Å². The number of benzene rings is 1. The Morgan fingerprint density at radius 2 is 2.13 bits per heavy atom. The third-order valence-corrected chi connectivity index (χ3v) is 3.94. The second-order valence-corrected chi connectivity index (χ2v) is 5.76. The first-order valence-corrected chi connectivity index (χ1v) is 7.44. The number of halogens is 1. The van der Waals surface area contributed by atoms with Gasteiger partial charge in [-0.15, -0.1) is 0 Å². The molecule has 1 unspecified atom stereocenters. The maximum atomic E-state index is 11.0. The Labute approximate surface area is 138 Å². The van der Waals surface area contributed by atoms with E-state index in [9.17, 15) is 9.59 Å². The van der Waals surface area contributed by atoms with Gasteiger partial charge < -0.3 is 19.7 Å². The predicted octanol–water partition coefficient (Wildman–Crippen LogP) is 1.72. The molecule has 1 heterocycles. The molecule has 1 atom stereocenters. The summed E-state index contributed by atoms with van der Waals surface area (Å²) in [5.74, 6) is -1.69. The first kappa shape index (κ1) is 17.4. The molecule has 1 aromatic carbocycles. The van der Waals surface area contributed by atoms with E-state index in [0.717, 1.165) is 5.56 Å². The van der Waals surface area contributed by atoms with E-state index in [1.807, 2.05) is 4.90 Å². The predicted molar refractivity (Wildman–Crippen MR) is 82.2 cm³/mol. The van der Waals surface area contributed by atoms with Gasteiger partial charge in [-0.25, -0.2) is 4.79 Å². The summed E-state index contributed by atoms with van der Waals surface area (Å²) in [4.78, 5) is 23.6. The van der Waals surface area contributed by atoms with Gasteiger partial charge in [0, 0.05) is 13.1 Å². The summed E-state index contributed by atoms with van der Waals surface area (Å²) in [5, 5.41) is 18.0. The highest BCUT2D eigenvalue weighted by Crippen LogP contribution is 2.37. The lowest BCUT2D eigenvalue weighted by atomic mass is 10.1. The minimum atomic E-state index is -1.11. The van der Waals surface area contributed by atoms with Crippen LogP contribution in [-0.4, -0.2) is 53.9 Å². The van der Waals surface area contributed by atoms with Crippen LogP contribution in [0.2, 0.25) is 5.02 Å². The quantitative estimate of drug-likeness (QED) is 0.778. The van der Waals surface area contributed by atoms with Crippen molar-refractivity contribution < 1.29 is 29.3 Å². The molecule has 2 N–H and O–H groups in total. The smallest absolute Gasteiger partial charge is 0.341 e. The van der Waals surface area contributed by atoms with Crippen LogP contribution in [-0.2, 0) is 16.1 Å². The van der Waals surface area contributed by atoms with Crippen LogP contribution < -0.4 is 9.47 Å². The summed E-state index contributed by atoms with van der Waals surface area (Å²) in [6.45, 7) is 1.22. The molecule has 0 aliphatic carbocycles. The van der Waals surface area contributed by atoms with E-state index in [1.54, 1.807) is 12.1 Å². The molecule has 126 valence electrons. The standard InChI is InChI=1S/C15H18ClNO6/c1-22-12-5-9(4-11(16)14(12)23-8-13(18)19)6-17-3-2-10(7-17)15(20)21/h4-5,10H,2-3,6-8H2,1H3,(H,18,19)(H,20,21). The van der Waals surface area contributed by atoms with E-state index in [2.05, 4.69) is 0 Å². The van der Waals surface area contributed by atoms with Crippen LogP contribution in [0.15, 0.2) is 12.1 Å². The average Bonchev–Trinajstić information content (AvgIpc) is 2.94. The molecule has 8 heteroatoms. The van der Waals surface area contributed by atoms with Crippen LogP contribution in [0.25, 0.3) is 0 Å². The van der Waals surface area contributed by atoms with Gasteiger partial charge in [-0.05, 0) is 30.7 Å². The number of carboxylic acids is 2. The molecule has 1 aliphatic rings. The maximum Gasteiger partial charge on any atom is 0.341 e. The number of nitrogens with zero attached hydrogens (tertiary/aromatic N) is 1. The zero-order valence-electron chi connectivity index (χ0n) is 12.6. The Bertz CT molecular complexity index is 606. The average molecular weight is 344 g/mol. The highest BCUT2D eigenvalue weighted by Gasteiger charge is 2.28. The number of likely N-dealkylation sites (tertiary alicyclic amines) is 1. The van der Waals surface area contributed by atoms with E-state index in [0.29, 0.717) is 31.8 Å². The summed E-state index contributed by atoms with van der Waals surface area (Å²) >= 11 is 6.15. The molecule has 0 saturated carbocycles. The van der Waals surface area contributed by atoms with Gasteiger partial charge in [0.2, 0.25) is 0 Å². The minimum absolute atomic E-state index is 0.185. The zero-order chi connectivity index (χ0) is 17.0. The zero-order valence-corrected chi connectivity index (χ0v) is 13.4. The van der Waals surface area contributed by atoms with E-state index >= 15 is 0 Å². The Hall–Kier alpha value is -1.99. The molecule has 0 bridgehead atoms. The monoisotopic (exact) mass is 343 g/mol. The summed E-state index contributed by atoms with van der Waals surface area (Å²) in [6.07, 6.45) is 0.625. The first-order valence-electron chi connectivity index (χ1n) is 7.07. The lowest BCUT2D eigenvalue weighted by Gasteiger charge is -2.18. The van der Waals surface area contributed by atoms with Crippen LogP contribution in [0.5, 0.6) is 11.5 Å². The van der Waals surface area contributed by atoms with Gasteiger partial charge >= 0.3 is 11.9 Å². The summed E-state index contributed by atoms with van der Waals surface area (Å²) < 4.78 is 10.4. The molecule has 0 aromatic heterocycles. The van der Waals surface area contributed by atoms with Crippen LogP contribution in [0, 0.1) is 5.92 Å². The number of hydrogen-bond donors (Lipinski definition) is 2. The van der Waals surface area contributed by atoms with Crippen molar-refractivity contribution >= 4 is 23.5 Å². The summed E-state index contributed by atoms with van der Waals surface area (Å²) in [7, 11) is 1.44. The van der Waals surface area contributed by atoms with Crippen molar-refractivity contribution in [3.05, 3.63) is 22.7 Å². The van der Waals surface area contributed by atoms with E-state index < -0.39 is 18.5 Å². The molecule has 1 fully saturated rings. The van der Waals surface area contributed by atoms with Gasteiger partial charge in [-0.3, -0.25) is 9.69 Å². The van der Waals surface area contributed by atoms with Crippen molar-refractivity contribution in [3.8, 4) is 11.5 Å². The van der Waals surface area contributed by atoms with Gasteiger partial charge in [0.15, 0.2) is 18.1 Å². The molecule has 2 rings (SSSR count). The fourth-order valence-electron chi connectivity index (χ4n) is 2.57. The molecule has 1 saturated heterocycles. The highest BCUT2D eigenvalue weighted by molar-refractivity contribution is 6.32. The Morgan fingerprint density at radius 1 is 1.39 bits per heavy atom. The van der Waals surface area contributed by atoms with Crippen molar-refractivity contribution in [3.63, 3.8) is 0 Å². The van der Waals surface area contributed by atoms with Crippen molar-refractivity contribution in [1.82, 2.24) is 4.90 Å². The molecule has 1 aliphatic heterocycles. The van der Waals surface area contributed by atoms with Crippen molar-refractivity contribution in [2.24, 2.45) is 5.92 Å². The Kier molecular flexibility index (Phi) is 5.68. The summed E-state index contributed by atoms with van der Waals surface area (Å²) in [5.41, 5.74) is 0.848. The van der Waals surface area contributed by atoms with Crippen LogP contribution >= 0.6 is 11.6 Å². The van der Waals surface area contributed by atoms with Gasteiger partial charge in [-0.1, -0.05) is 11.6 Å². The lowest BCUT2D eigenvalue weighted by Crippen LogP contribution is -2.22. The SMILES string of the molecule is COc1cc(CN2CCC(C(=O)O)C2)cc(Cl)c1OCC(=O)O. The molecule has 0 spiro atoms. The second-order valence-electron chi connectivity index (χ2n) is 5.35. The highest BCUT2D eigenvalue weighted by atomic mass is 35.5. The topological polar surface area (TPSA) is 96.3 Å². The number of carbonyl (C=O) groups is 2. The molecule has 0 amide bonds. The third-order valence-electron chi connectivity index (χ3n) is 3.66. The van der Waals surface area contributed by atoms with Crippen LogP contribution in [0.1, 0.15) is 12.0 Å². The number of ether oxygens (including phenoxy) is 2. The number of carboxylic acid groups (broad SMARTS) is 2. The third kappa shape index (κ3) is 4.49. The molecular weight excluding hydrogens is 326 g/mol. The van der Waals surface area contributed by atoms with Gasteiger partial charge in [0.25, 0.3) is 0 Å². The maximum absolute atomic E-state index is 11.0. The number of aliphatic carboxylic acids is 2. The van der Waals surface area contributed by atoms with E-state index in [1.165, 1.54) is 7.11 Å².